The highest BCUT2D eigenvalue weighted by Gasteiger charge is 2.29. The Bertz CT molecular complexity index is 776. The summed E-state index contributed by atoms with van der Waals surface area (Å²) in [4.78, 5) is 2.47. The summed E-state index contributed by atoms with van der Waals surface area (Å²) in [5.41, 5.74) is 0. The van der Waals surface area contributed by atoms with Gasteiger partial charge in [0.1, 0.15) is 0 Å². The van der Waals surface area contributed by atoms with E-state index in [9.17, 15) is 13.5 Å². The van der Waals surface area contributed by atoms with Crippen molar-refractivity contribution >= 4 is 20.8 Å². The molecule has 1 aliphatic heterocycles. The van der Waals surface area contributed by atoms with E-state index in [0.29, 0.717) is 37.6 Å². The Labute approximate surface area is 137 Å². The number of nitrogens with zero attached hydrogens (tertiary/aromatic N) is 2. The molecule has 5 nitrogen and oxygen atoms in total. The van der Waals surface area contributed by atoms with Crippen LogP contribution >= 0.6 is 0 Å². The predicted octanol–water partition coefficient (Wildman–Crippen LogP) is 1.53. The van der Waals surface area contributed by atoms with Crippen LogP contribution in [0.1, 0.15) is 6.92 Å². The maximum absolute atomic E-state index is 13.0. The largest absolute Gasteiger partial charge is 0.392 e. The van der Waals surface area contributed by atoms with Crippen molar-refractivity contribution in [3.63, 3.8) is 0 Å². The molecule has 2 aromatic rings. The van der Waals surface area contributed by atoms with Crippen LogP contribution in [0.15, 0.2) is 47.4 Å². The smallest absolute Gasteiger partial charge is 0.243 e. The summed E-state index contributed by atoms with van der Waals surface area (Å²) in [5.74, 6) is 0. The Hall–Kier alpha value is -1.47. The molecule has 0 spiro atoms. The lowest BCUT2D eigenvalue weighted by Crippen LogP contribution is -2.50. The normalized spacial score (nSPS) is 19.0. The zero-order chi connectivity index (χ0) is 16.4. The Morgan fingerprint density at radius 3 is 2.39 bits per heavy atom. The molecule has 1 N–H and O–H groups in total. The minimum atomic E-state index is -3.50. The molecule has 0 aromatic heterocycles. The minimum absolute atomic E-state index is 0.375. The van der Waals surface area contributed by atoms with Gasteiger partial charge in [-0.05, 0) is 18.4 Å². The second-order valence-corrected chi connectivity index (χ2v) is 7.94. The van der Waals surface area contributed by atoms with Gasteiger partial charge in [0.15, 0.2) is 0 Å². The van der Waals surface area contributed by atoms with Gasteiger partial charge >= 0.3 is 0 Å². The minimum Gasteiger partial charge on any atom is -0.392 e. The summed E-state index contributed by atoms with van der Waals surface area (Å²) in [5, 5.41) is 11.2. The van der Waals surface area contributed by atoms with Crippen LogP contribution in [0.4, 0.5) is 0 Å². The average molecular weight is 334 g/mol. The second kappa shape index (κ2) is 6.57. The van der Waals surface area contributed by atoms with Crippen LogP contribution in [-0.4, -0.2) is 61.6 Å². The van der Waals surface area contributed by atoms with Crippen molar-refractivity contribution in [3.8, 4) is 0 Å². The number of fused-ring (bicyclic) bond motifs is 1. The van der Waals surface area contributed by atoms with Crippen molar-refractivity contribution in [1.29, 1.82) is 0 Å². The van der Waals surface area contributed by atoms with Gasteiger partial charge in [0, 0.05) is 38.1 Å². The Morgan fingerprint density at radius 2 is 1.70 bits per heavy atom. The highest BCUT2D eigenvalue weighted by Crippen LogP contribution is 2.26. The maximum Gasteiger partial charge on any atom is 0.243 e. The first kappa shape index (κ1) is 16.4. The summed E-state index contributed by atoms with van der Waals surface area (Å²) in [6.45, 7) is 4.54. The molecule has 3 rings (SSSR count). The second-order valence-electron chi connectivity index (χ2n) is 6.03. The number of rotatable bonds is 4. The molecule has 0 radical (unpaired) electrons. The van der Waals surface area contributed by atoms with E-state index in [1.165, 1.54) is 0 Å². The SMILES string of the molecule is C[C@H](O)CN1CCN(S(=O)(=O)c2cccc3ccccc23)CC1. The van der Waals surface area contributed by atoms with Gasteiger partial charge in [0.05, 0.1) is 11.0 Å². The number of aliphatic hydroxyl groups is 1. The third-order valence-corrected chi connectivity index (χ3v) is 6.18. The van der Waals surface area contributed by atoms with Crippen LogP contribution in [0.3, 0.4) is 0 Å². The zero-order valence-electron chi connectivity index (χ0n) is 13.2. The van der Waals surface area contributed by atoms with Crippen LogP contribution in [0.2, 0.25) is 0 Å². The van der Waals surface area contributed by atoms with Crippen molar-refractivity contribution in [3.05, 3.63) is 42.5 Å². The molecule has 6 heteroatoms. The van der Waals surface area contributed by atoms with Crippen LogP contribution in [0.5, 0.6) is 0 Å². The first-order valence-corrected chi connectivity index (χ1v) is 9.31. The first-order chi connectivity index (χ1) is 11.0. The molecular formula is C17H22N2O3S. The molecule has 1 heterocycles. The van der Waals surface area contributed by atoms with E-state index in [2.05, 4.69) is 4.90 Å². The summed E-state index contributed by atoms with van der Waals surface area (Å²) in [6, 6.07) is 12.9. The van der Waals surface area contributed by atoms with Gasteiger partial charge in [0.2, 0.25) is 10.0 Å². The molecule has 0 aliphatic carbocycles. The fourth-order valence-corrected chi connectivity index (χ4v) is 4.72. The number of aliphatic hydroxyl groups excluding tert-OH is 1. The predicted molar refractivity (Wildman–Crippen MR) is 90.8 cm³/mol. The maximum atomic E-state index is 13.0. The van der Waals surface area contributed by atoms with Crippen molar-refractivity contribution in [2.45, 2.75) is 17.9 Å². The standard InChI is InChI=1S/C17H22N2O3S/c1-14(20)13-18-9-11-19(12-10-18)23(21,22)17-8-4-6-15-5-2-3-7-16(15)17/h2-8,14,20H,9-13H2,1H3/t14-/m0/s1. The summed E-state index contributed by atoms with van der Waals surface area (Å²) in [7, 11) is -3.50. The number of hydrogen-bond donors (Lipinski definition) is 1. The summed E-state index contributed by atoms with van der Waals surface area (Å²) < 4.78 is 27.5. The van der Waals surface area contributed by atoms with Crippen molar-refractivity contribution in [1.82, 2.24) is 9.21 Å². The molecule has 124 valence electrons. The summed E-state index contributed by atoms with van der Waals surface area (Å²) >= 11 is 0. The van der Waals surface area contributed by atoms with Gasteiger partial charge in [-0.3, -0.25) is 4.90 Å². The van der Waals surface area contributed by atoms with Gasteiger partial charge in [-0.2, -0.15) is 4.31 Å². The van der Waals surface area contributed by atoms with Gasteiger partial charge in [-0.1, -0.05) is 36.4 Å². The Kier molecular flexibility index (Phi) is 4.68. The number of β-amino-alcohol motifs (C(OH)–C–C–N with tert-alkyl or cyclic N) is 1. The molecule has 0 bridgehead atoms. The molecule has 0 unspecified atom stereocenters. The van der Waals surface area contributed by atoms with Crippen molar-refractivity contribution in [2.75, 3.05) is 32.7 Å². The van der Waals surface area contributed by atoms with Gasteiger partial charge in [-0.25, -0.2) is 8.42 Å². The molecule has 1 fully saturated rings. The quantitative estimate of drug-likeness (QED) is 0.921. The Balaban J connectivity index is 1.85. The van der Waals surface area contributed by atoms with E-state index in [4.69, 9.17) is 0 Å². The van der Waals surface area contributed by atoms with E-state index in [1.54, 1.807) is 23.4 Å². The lowest BCUT2D eigenvalue weighted by atomic mass is 10.1. The molecule has 0 saturated carbocycles. The lowest BCUT2D eigenvalue weighted by molar-refractivity contribution is 0.103. The monoisotopic (exact) mass is 334 g/mol. The van der Waals surface area contributed by atoms with Gasteiger partial charge in [-0.15, -0.1) is 0 Å². The summed E-state index contributed by atoms with van der Waals surface area (Å²) in [6.07, 6.45) is -0.392. The highest BCUT2D eigenvalue weighted by atomic mass is 32.2. The van der Waals surface area contributed by atoms with Crippen LogP contribution < -0.4 is 0 Å². The van der Waals surface area contributed by atoms with Crippen molar-refractivity contribution < 1.29 is 13.5 Å². The fraction of sp³-hybridized carbons (Fsp3) is 0.412. The van der Waals surface area contributed by atoms with E-state index in [-0.39, 0.29) is 0 Å². The molecule has 2 aromatic carbocycles. The van der Waals surface area contributed by atoms with Crippen LogP contribution in [0.25, 0.3) is 10.8 Å². The van der Waals surface area contributed by atoms with E-state index >= 15 is 0 Å². The lowest BCUT2D eigenvalue weighted by Gasteiger charge is -2.34. The molecule has 1 atom stereocenters. The third kappa shape index (κ3) is 3.40. The number of sulfonamides is 1. The van der Waals surface area contributed by atoms with E-state index in [1.807, 2.05) is 30.3 Å². The van der Waals surface area contributed by atoms with E-state index in [0.717, 1.165) is 10.8 Å². The first-order valence-electron chi connectivity index (χ1n) is 7.87. The zero-order valence-corrected chi connectivity index (χ0v) is 14.0. The molecule has 0 amide bonds. The third-order valence-electron chi connectivity index (χ3n) is 4.22. The number of benzene rings is 2. The molecule has 23 heavy (non-hydrogen) atoms. The Morgan fingerprint density at radius 1 is 1.04 bits per heavy atom. The van der Waals surface area contributed by atoms with Gasteiger partial charge < -0.3 is 5.11 Å². The van der Waals surface area contributed by atoms with Gasteiger partial charge in [0.25, 0.3) is 0 Å². The molecule has 1 aliphatic rings. The van der Waals surface area contributed by atoms with E-state index < -0.39 is 16.1 Å². The molecule has 1 saturated heterocycles. The highest BCUT2D eigenvalue weighted by molar-refractivity contribution is 7.89. The number of piperazine rings is 1. The fourth-order valence-electron chi connectivity index (χ4n) is 3.09. The van der Waals surface area contributed by atoms with Crippen LogP contribution in [0, 0.1) is 0 Å². The number of hydrogen-bond acceptors (Lipinski definition) is 4. The molecular weight excluding hydrogens is 312 g/mol. The topological polar surface area (TPSA) is 60.9 Å². The average Bonchev–Trinajstić information content (AvgIpc) is 2.54. The van der Waals surface area contributed by atoms with Crippen LogP contribution in [-0.2, 0) is 10.0 Å². The van der Waals surface area contributed by atoms with Crippen molar-refractivity contribution in [2.24, 2.45) is 0 Å².